The van der Waals surface area contributed by atoms with Gasteiger partial charge in [0.15, 0.2) is 23.0 Å². The highest BCUT2D eigenvalue weighted by molar-refractivity contribution is 7.14. The normalized spacial score (nSPS) is 11.8. The molecule has 3 N–H and O–H groups in total. The van der Waals surface area contributed by atoms with Crippen molar-refractivity contribution in [2.45, 2.75) is 51.7 Å². The number of para-hydroxylation sites is 1. The number of nitrogens with one attached hydrogen (secondary N) is 2. The van der Waals surface area contributed by atoms with Crippen LogP contribution in [-0.4, -0.2) is 55.5 Å². The van der Waals surface area contributed by atoms with Gasteiger partial charge in [-0.15, -0.1) is 22.7 Å². The van der Waals surface area contributed by atoms with Gasteiger partial charge in [-0.3, -0.25) is 9.97 Å². The summed E-state index contributed by atoms with van der Waals surface area (Å²) >= 11 is 28.9. The Bertz CT molecular complexity index is 3320. The van der Waals surface area contributed by atoms with Crippen LogP contribution < -0.4 is 34.3 Å². The number of carbonyl (C=O) groups is 2. The Hall–Kier alpha value is -6.92. The summed E-state index contributed by atoms with van der Waals surface area (Å²) in [5.41, 5.74) is 5.34. The number of ether oxygens (including phenoxy) is 7. The molecule has 0 saturated heterocycles. The monoisotopic (exact) mass is 1140 g/mol. The molecule has 20 heteroatoms. The zero-order chi connectivity index (χ0) is 53.9. The molecule has 0 fully saturated rings. The Labute approximate surface area is 467 Å². The molecule has 0 aliphatic heterocycles. The third-order valence-corrected chi connectivity index (χ3v) is 15.6. The largest absolute Gasteiger partial charge is 0.508 e. The van der Waals surface area contributed by atoms with Crippen LogP contribution in [0.4, 0.5) is 11.4 Å². The number of aromatic nitrogens is 2. The van der Waals surface area contributed by atoms with E-state index in [1.807, 2.05) is 49.4 Å². The van der Waals surface area contributed by atoms with E-state index in [0.29, 0.717) is 93.9 Å². The van der Waals surface area contributed by atoms with Gasteiger partial charge in [-0.2, -0.15) is 0 Å². The Balaban J connectivity index is 0.984. The number of hydrogen-bond acceptors (Lipinski definition) is 16. The van der Waals surface area contributed by atoms with Gasteiger partial charge in [0.1, 0.15) is 34.3 Å². The molecule has 4 aromatic carbocycles. The van der Waals surface area contributed by atoms with Gasteiger partial charge in [0.25, 0.3) is 0 Å². The minimum Gasteiger partial charge on any atom is -0.508 e. The van der Waals surface area contributed by atoms with Crippen molar-refractivity contribution in [1.82, 2.24) is 9.97 Å². The van der Waals surface area contributed by atoms with E-state index in [2.05, 4.69) is 20.6 Å². The second-order valence-electron chi connectivity index (χ2n) is 16.9. The highest BCUT2D eigenvalue weighted by Crippen LogP contribution is 2.43. The summed E-state index contributed by atoms with van der Waals surface area (Å²) in [5.74, 6) is 1.02. The van der Waals surface area contributed by atoms with Gasteiger partial charge in [0.05, 0.1) is 48.5 Å². The van der Waals surface area contributed by atoms with Gasteiger partial charge in [-0.05, 0) is 90.3 Å². The van der Waals surface area contributed by atoms with E-state index in [4.69, 9.17) is 79.6 Å². The standard InChI is InChI=1S/C56H50Cl4N4O10S2/c1-31-43(11-8-12-45(31)65)63-24-35-14-17-53(75-35)56(67)74-48(23-38-41(59)28-62-29-42(38)60)34-20-50(70-4)54(71-5)51(21-34)72-30-33-9-6-7-10-44(33)64-25-36-15-18-52(76-36)55(66)73-47(22-37-39(57)26-61-27-40(37)58)32-13-16-46(68-2)49(19-32)69-3/h6-21,26-29,47-48,63-65H,22-25,30H2,1-5H3/t47-,48-/m0/s1. The van der Waals surface area contributed by atoms with Crippen molar-refractivity contribution in [3.63, 3.8) is 0 Å². The van der Waals surface area contributed by atoms with Crippen LogP contribution in [0.2, 0.25) is 20.1 Å². The molecule has 0 spiro atoms. The fraction of sp³-hybridized carbons (Fsp3) is 0.214. The van der Waals surface area contributed by atoms with E-state index in [1.165, 1.54) is 68.8 Å². The number of phenols is 1. The minimum absolute atomic E-state index is 0.0811. The van der Waals surface area contributed by atoms with Gasteiger partial charge in [0, 0.05) is 88.5 Å². The third-order valence-electron chi connectivity index (χ3n) is 12.1. The first-order chi connectivity index (χ1) is 36.8. The lowest BCUT2D eigenvalue weighted by Gasteiger charge is -2.22. The lowest BCUT2D eigenvalue weighted by atomic mass is 10.0. The molecule has 0 radical (unpaired) electrons. The maximum absolute atomic E-state index is 14.0. The number of rotatable bonds is 23. The lowest BCUT2D eigenvalue weighted by Crippen LogP contribution is -2.15. The van der Waals surface area contributed by atoms with Crippen molar-refractivity contribution in [1.29, 1.82) is 0 Å². The fourth-order valence-corrected chi connectivity index (χ4v) is 10.8. The number of nitrogens with zero attached hydrogens (tertiary/aromatic N) is 2. The predicted octanol–water partition coefficient (Wildman–Crippen LogP) is 14.3. The Morgan fingerprint density at radius 2 is 1.09 bits per heavy atom. The number of anilines is 2. The first kappa shape index (κ1) is 55.3. The lowest BCUT2D eigenvalue weighted by molar-refractivity contribution is 0.0293. The van der Waals surface area contributed by atoms with Gasteiger partial charge < -0.3 is 48.9 Å². The molecule has 0 aliphatic rings. The molecular weight excluding hydrogens is 1090 g/mol. The molecule has 0 amide bonds. The molecule has 8 aromatic rings. The molecule has 76 heavy (non-hydrogen) atoms. The third kappa shape index (κ3) is 13.4. The first-order valence-corrected chi connectivity index (χ1v) is 26.5. The summed E-state index contributed by atoms with van der Waals surface area (Å²) < 4.78 is 41.7. The number of aromatic hydroxyl groups is 1. The molecule has 0 bridgehead atoms. The number of benzene rings is 4. The molecule has 394 valence electrons. The van der Waals surface area contributed by atoms with Crippen molar-refractivity contribution in [2.24, 2.45) is 0 Å². The number of methoxy groups -OCH3 is 4. The maximum Gasteiger partial charge on any atom is 0.348 e. The molecule has 4 aromatic heterocycles. The molecule has 0 unspecified atom stereocenters. The summed E-state index contributed by atoms with van der Waals surface area (Å²) in [7, 11) is 6.08. The zero-order valence-electron chi connectivity index (χ0n) is 41.6. The van der Waals surface area contributed by atoms with Crippen LogP contribution in [0.1, 0.15) is 74.7 Å². The number of halogens is 4. The molecular formula is C56H50Cl4N4O10S2. The van der Waals surface area contributed by atoms with Crippen molar-refractivity contribution >= 4 is 92.4 Å². The number of carbonyl (C=O) groups excluding carboxylic acids is 2. The van der Waals surface area contributed by atoms with Crippen LogP contribution in [0.3, 0.4) is 0 Å². The SMILES string of the molecule is COc1ccc([C@H](Cc2c(Cl)cncc2Cl)OC(=O)c2ccc(CNc3ccccc3COc3cc([C@H](Cc4c(Cl)cncc4Cl)OC(=O)c4ccc(CNc5cccc(O)c5C)s4)cc(OC)c3OC)s2)cc1OC. The Kier molecular flexibility index (Phi) is 18.7. The molecule has 2 atom stereocenters. The maximum atomic E-state index is 14.0. The molecule has 0 aliphatic carbocycles. The van der Waals surface area contributed by atoms with Gasteiger partial charge >= 0.3 is 11.9 Å². The number of esters is 2. The molecule has 8 rings (SSSR count). The Morgan fingerprint density at radius 1 is 0.579 bits per heavy atom. The van der Waals surface area contributed by atoms with Crippen LogP contribution in [0.15, 0.2) is 122 Å². The summed E-state index contributed by atoms with van der Waals surface area (Å²) in [6.07, 6.45) is 4.46. The van der Waals surface area contributed by atoms with Crippen LogP contribution in [0.5, 0.6) is 34.5 Å². The zero-order valence-corrected chi connectivity index (χ0v) is 46.2. The summed E-state index contributed by atoms with van der Waals surface area (Å²) in [6, 6.07) is 28.8. The van der Waals surface area contributed by atoms with Gasteiger partial charge in [-0.25, -0.2) is 9.59 Å². The predicted molar refractivity (Wildman–Crippen MR) is 298 cm³/mol. The van der Waals surface area contributed by atoms with Gasteiger partial charge in [0.2, 0.25) is 5.75 Å². The van der Waals surface area contributed by atoms with Crippen LogP contribution in [0, 0.1) is 6.92 Å². The van der Waals surface area contributed by atoms with Crippen LogP contribution >= 0.6 is 69.1 Å². The number of hydrogen-bond donors (Lipinski definition) is 3. The molecule has 4 heterocycles. The van der Waals surface area contributed by atoms with Crippen molar-refractivity contribution in [2.75, 3.05) is 39.1 Å². The highest BCUT2D eigenvalue weighted by Gasteiger charge is 2.28. The van der Waals surface area contributed by atoms with E-state index >= 15 is 0 Å². The highest BCUT2D eigenvalue weighted by atomic mass is 35.5. The molecule has 14 nitrogen and oxygen atoms in total. The minimum atomic E-state index is -0.942. The average molecular weight is 1140 g/mol. The summed E-state index contributed by atoms with van der Waals surface area (Å²) in [4.78, 5) is 38.5. The fourth-order valence-electron chi connectivity index (χ4n) is 8.08. The second kappa shape index (κ2) is 25.7. The topological polar surface area (TPSA) is 169 Å². The number of thiophene rings is 2. The smallest absolute Gasteiger partial charge is 0.348 e. The Morgan fingerprint density at radius 3 is 1.66 bits per heavy atom. The van der Waals surface area contributed by atoms with E-state index in [1.54, 1.807) is 61.7 Å². The van der Waals surface area contributed by atoms with E-state index in [9.17, 15) is 14.7 Å². The average Bonchev–Trinajstić information content (AvgIpc) is 4.13. The van der Waals surface area contributed by atoms with E-state index in [-0.39, 0.29) is 25.2 Å². The van der Waals surface area contributed by atoms with Crippen molar-refractivity contribution < 1.29 is 47.9 Å². The molecule has 0 saturated carbocycles. The van der Waals surface area contributed by atoms with Crippen LogP contribution in [-0.2, 0) is 42.0 Å². The quantitative estimate of drug-likeness (QED) is 0.0517. The number of pyridine rings is 2. The van der Waals surface area contributed by atoms with Crippen molar-refractivity contribution in [3.05, 3.63) is 195 Å². The van der Waals surface area contributed by atoms with Gasteiger partial charge in [-0.1, -0.05) is 76.7 Å². The summed E-state index contributed by atoms with van der Waals surface area (Å²) in [5, 5.41) is 18.3. The van der Waals surface area contributed by atoms with Crippen LogP contribution in [0.25, 0.3) is 0 Å². The second-order valence-corrected chi connectivity index (χ2v) is 20.8. The van der Waals surface area contributed by atoms with Crippen molar-refractivity contribution in [3.8, 4) is 34.5 Å². The first-order valence-electron chi connectivity index (χ1n) is 23.4. The van der Waals surface area contributed by atoms with E-state index in [0.717, 1.165) is 32.3 Å². The summed E-state index contributed by atoms with van der Waals surface area (Å²) in [6.45, 7) is 2.69. The number of phenolic OH excluding ortho intramolecular Hbond substituents is 1. The van der Waals surface area contributed by atoms with E-state index < -0.39 is 24.1 Å².